The van der Waals surface area contributed by atoms with Gasteiger partial charge in [-0.15, -0.1) is 0 Å². The number of carbonyl (C=O) groups is 2. The van der Waals surface area contributed by atoms with Crippen LogP contribution in [0.15, 0.2) is 48.5 Å². The minimum absolute atomic E-state index is 0.247. The van der Waals surface area contributed by atoms with Gasteiger partial charge < -0.3 is 15.8 Å². The minimum Gasteiger partial charge on any atom is -0.457 e. The molecule has 0 spiro atoms. The van der Waals surface area contributed by atoms with Gasteiger partial charge in [0.1, 0.15) is 6.61 Å². The Morgan fingerprint density at radius 1 is 1.09 bits per heavy atom. The van der Waals surface area contributed by atoms with Crippen LogP contribution in [0.1, 0.15) is 27.0 Å². The lowest BCUT2D eigenvalue weighted by Crippen LogP contribution is -2.28. The van der Waals surface area contributed by atoms with Crippen LogP contribution in [0.4, 0.5) is 4.79 Å². The van der Waals surface area contributed by atoms with E-state index in [4.69, 9.17) is 10.5 Å². The van der Waals surface area contributed by atoms with E-state index in [0.717, 1.165) is 16.7 Å². The van der Waals surface area contributed by atoms with Crippen LogP contribution in [0.2, 0.25) is 0 Å². The van der Waals surface area contributed by atoms with Crippen molar-refractivity contribution in [1.82, 2.24) is 5.32 Å². The number of amides is 2. The minimum atomic E-state index is -0.582. The van der Waals surface area contributed by atoms with Gasteiger partial charge in [-0.25, -0.2) is 9.59 Å². The molecule has 0 aliphatic heterocycles. The SMILES string of the molecule is Cc1ccccc1COC(=O)c1ccc(CNC(N)=O)cc1. The van der Waals surface area contributed by atoms with Crippen molar-refractivity contribution in [2.24, 2.45) is 5.73 Å². The number of hydrogen-bond donors (Lipinski definition) is 2. The lowest BCUT2D eigenvalue weighted by Gasteiger charge is -2.08. The number of nitrogens with two attached hydrogens (primary N) is 1. The van der Waals surface area contributed by atoms with Gasteiger partial charge in [0, 0.05) is 6.54 Å². The van der Waals surface area contributed by atoms with Crippen molar-refractivity contribution in [1.29, 1.82) is 0 Å². The zero-order chi connectivity index (χ0) is 15.9. The highest BCUT2D eigenvalue weighted by Crippen LogP contribution is 2.11. The van der Waals surface area contributed by atoms with Gasteiger partial charge in [0.25, 0.3) is 0 Å². The van der Waals surface area contributed by atoms with E-state index < -0.39 is 6.03 Å². The van der Waals surface area contributed by atoms with E-state index in [1.54, 1.807) is 24.3 Å². The van der Waals surface area contributed by atoms with Gasteiger partial charge in [-0.3, -0.25) is 0 Å². The van der Waals surface area contributed by atoms with Crippen LogP contribution in [0.5, 0.6) is 0 Å². The molecular weight excluding hydrogens is 280 g/mol. The standard InChI is InChI=1S/C17H18N2O3/c1-12-4-2-3-5-15(12)11-22-16(20)14-8-6-13(7-9-14)10-19-17(18)21/h2-9H,10-11H2,1H3,(H3,18,19,21). The molecule has 0 fully saturated rings. The molecule has 0 aliphatic rings. The monoisotopic (exact) mass is 298 g/mol. The molecule has 2 amide bonds. The van der Waals surface area contributed by atoms with Gasteiger partial charge in [0.2, 0.25) is 0 Å². The average Bonchev–Trinajstić information content (AvgIpc) is 2.52. The quantitative estimate of drug-likeness (QED) is 0.832. The summed E-state index contributed by atoms with van der Waals surface area (Å²) in [5, 5.41) is 2.49. The third-order valence-corrected chi connectivity index (χ3v) is 3.28. The number of rotatable bonds is 5. The Morgan fingerprint density at radius 3 is 2.41 bits per heavy atom. The third kappa shape index (κ3) is 4.34. The van der Waals surface area contributed by atoms with Crippen molar-refractivity contribution in [3.8, 4) is 0 Å². The smallest absolute Gasteiger partial charge is 0.338 e. The lowest BCUT2D eigenvalue weighted by molar-refractivity contribution is 0.0472. The van der Waals surface area contributed by atoms with Crippen LogP contribution in [0, 0.1) is 6.92 Å². The second kappa shape index (κ2) is 7.26. The van der Waals surface area contributed by atoms with Crippen LogP contribution in [-0.4, -0.2) is 12.0 Å². The largest absolute Gasteiger partial charge is 0.457 e. The summed E-state index contributed by atoms with van der Waals surface area (Å²) in [6, 6.07) is 14.0. The summed E-state index contributed by atoms with van der Waals surface area (Å²) in [7, 11) is 0. The zero-order valence-corrected chi connectivity index (χ0v) is 12.3. The fourth-order valence-corrected chi connectivity index (χ4v) is 1.95. The zero-order valence-electron chi connectivity index (χ0n) is 12.3. The average molecular weight is 298 g/mol. The first-order valence-electron chi connectivity index (χ1n) is 6.90. The fraction of sp³-hybridized carbons (Fsp3) is 0.176. The topological polar surface area (TPSA) is 81.4 Å². The summed E-state index contributed by atoms with van der Waals surface area (Å²) in [6.45, 7) is 2.55. The first kappa shape index (κ1) is 15.6. The molecule has 5 nitrogen and oxygen atoms in total. The predicted octanol–water partition coefficient (Wildman–Crippen LogP) is 2.52. The molecule has 0 bridgehead atoms. The number of aryl methyl sites for hydroxylation is 1. The second-order valence-corrected chi connectivity index (χ2v) is 4.92. The van der Waals surface area contributed by atoms with E-state index >= 15 is 0 Å². The van der Waals surface area contributed by atoms with Gasteiger partial charge in [-0.05, 0) is 35.7 Å². The Bertz CT molecular complexity index is 666. The molecule has 114 valence electrons. The number of benzene rings is 2. The summed E-state index contributed by atoms with van der Waals surface area (Å²) >= 11 is 0. The van der Waals surface area contributed by atoms with Crippen molar-refractivity contribution in [3.63, 3.8) is 0 Å². The number of urea groups is 1. The number of hydrogen-bond acceptors (Lipinski definition) is 3. The molecule has 0 unspecified atom stereocenters. The number of esters is 1. The summed E-state index contributed by atoms with van der Waals surface area (Å²) in [5.74, 6) is -0.377. The van der Waals surface area contributed by atoms with Crippen molar-refractivity contribution in [3.05, 3.63) is 70.8 Å². The molecule has 2 aromatic carbocycles. The van der Waals surface area contributed by atoms with Gasteiger partial charge >= 0.3 is 12.0 Å². The van der Waals surface area contributed by atoms with Gasteiger partial charge in [-0.2, -0.15) is 0 Å². The first-order chi connectivity index (χ1) is 10.6. The van der Waals surface area contributed by atoms with Crippen LogP contribution in [0.3, 0.4) is 0 Å². The molecule has 0 radical (unpaired) electrons. The highest BCUT2D eigenvalue weighted by molar-refractivity contribution is 5.89. The van der Waals surface area contributed by atoms with Crippen LogP contribution in [-0.2, 0) is 17.9 Å². The molecule has 2 aromatic rings. The van der Waals surface area contributed by atoms with Crippen molar-refractivity contribution < 1.29 is 14.3 Å². The fourth-order valence-electron chi connectivity index (χ4n) is 1.95. The van der Waals surface area contributed by atoms with E-state index in [2.05, 4.69) is 5.32 Å². The molecule has 0 atom stereocenters. The Hall–Kier alpha value is -2.82. The maximum atomic E-state index is 12.0. The first-order valence-corrected chi connectivity index (χ1v) is 6.90. The summed E-state index contributed by atoms with van der Waals surface area (Å²) in [4.78, 5) is 22.6. The molecule has 2 rings (SSSR count). The van der Waals surface area contributed by atoms with Crippen molar-refractivity contribution >= 4 is 12.0 Å². The molecule has 0 aromatic heterocycles. The Morgan fingerprint density at radius 2 is 1.77 bits per heavy atom. The predicted molar refractivity (Wildman–Crippen MR) is 83.2 cm³/mol. The van der Waals surface area contributed by atoms with E-state index in [9.17, 15) is 9.59 Å². The molecule has 5 heteroatoms. The summed E-state index contributed by atoms with van der Waals surface area (Å²) in [6.07, 6.45) is 0. The third-order valence-electron chi connectivity index (χ3n) is 3.28. The number of ether oxygens (including phenoxy) is 1. The van der Waals surface area contributed by atoms with E-state index in [-0.39, 0.29) is 12.6 Å². The van der Waals surface area contributed by atoms with Gasteiger partial charge in [-0.1, -0.05) is 36.4 Å². The Balaban J connectivity index is 1.92. The maximum Gasteiger partial charge on any atom is 0.338 e. The van der Waals surface area contributed by atoms with Crippen LogP contribution < -0.4 is 11.1 Å². The summed E-state index contributed by atoms with van der Waals surface area (Å²) < 4.78 is 5.30. The van der Waals surface area contributed by atoms with Gasteiger partial charge in [0.15, 0.2) is 0 Å². The number of nitrogens with one attached hydrogen (secondary N) is 1. The van der Waals surface area contributed by atoms with Crippen LogP contribution in [0.25, 0.3) is 0 Å². The van der Waals surface area contributed by atoms with Crippen molar-refractivity contribution in [2.75, 3.05) is 0 Å². The normalized spacial score (nSPS) is 10.0. The molecule has 0 aliphatic carbocycles. The molecule has 3 N–H and O–H groups in total. The van der Waals surface area contributed by atoms with Crippen molar-refractivity contribution in [2.45, 2.75) is 20.1 Å². The van der Waals surface area contributed by atoms with E-state index in [1.165, 1.54) is 0 Å². The molecule has 0 saturated heterocycles. The van der Waals surface area contributed by atoms with E-state index in [1.807, 2.05) is 31.2 Å². The molecule has 0 saturated carbocycles. The maximum absolute atomic E-state index is 12.0. The number of carbonyl (C=O) groups excluding carboxylic acids is 2. The lowest BCUT2D eigenvalue weighted by atomic mass is 10.1. The molecular formula is C17H18N2O3. The van der Waals surface area contributed by atoms with E-state index in [0.29, 0.717) is 12.1 Å². The molecule has 0 heterocycles. The molecule has 22 heavy (non-hydrogen) atoms. The number of primary amides is 1. The van der Waals surface area contributed by atoms with Gasteiger partial charge in [0.05, 0.1) is 5.56 Å². The Labute approximate surface area is 129 Å². The highest BCUT2D eigenvalue weighted by atomic mass is 16.5. The second-order valence-electron chi connectivity index (χ2n) is 4.92. The van der Waals surface area contributed by atoms with Crippen LogP contribution >= 0.6 is 0 Å². The highest BCUT2D eigenvalue weighted by Gasteiger charge is 2.08. The Kier molecular flexibility index (Phi) is 5.14. The summed E-state index contributed by atoms with van der Waals surface area (Å²) in [5.41, 5.74) is 8.40.